The third-order valence-corrected chi connectivity index (χ3v) is 4.62. The molecule has 3 aromatic rings. The van der Waals surface area contributed by atoms with Gasteiger partial charge in [-0.05, 0) is 54.1 Å². The van der Waals surface area contributed by atoms with Gasteiger partial charge in [0.1, 0.15) is 12.4 Å². The van der Waals surface area contributed by atoms with Gasteiger partial charge in [0.05, 0.1) is 11.8 Å². The minimum Gasteiger partial charge on any atom is -0.489 e. The first-order valence-corrected chi connectivity index (χ1v) is 9.14. The molecule has 0 aliphatic rings. The van der Waals surface area contributed by atoms with Gasteiger partial charge in [-0.3, -0.25) is 4.79 Å². The fourth-order valence-corrected chi connectivity index (χ4v) is 2.91. The van der Waals surface area contributed by atoms with Crippen molar-refractivity contribution in [3.63, 3.8) is 0 Å². The van der Waals surface area contributed by atoms with Crippen molar-refractivity contribution in [3.05, 3.63) is 93.5 Å². The fraction of sp³-hybridized carbons (Fsp3) is 0.0476. The Morgan fingerprint density at radius 1 is 1.00 bits per heavy atom. The molecule has 142 valence electrons. The summed E-state index contributed by atoms with van der Waals surface area (Å²) < 4.78 is 5.73. The van der Waals surface area contributed by atoms with Crippen LogP contribution in [-0.2, 0) is 6.61 Å². The van der Waals surface area contributed by atoms with Crippen molar-refractivity contribution < 1.29 is 9.53 Å². The topological polar surface area (TPSA) is 76.7 Å². The number of halogens is 2. The number of nitrogens with two attached hydrogens (primary N) is 1. The molecular formula is C21H17Cl2N3O2. The van der Waals surface area contributed by atoms with Crippen molar-refractivity contribution in [2.75, 3.05) is 5.73 Å². The standard InChI is InChI=1S/C21H17Cl2N3O2/c22-18-5-3-6-19(23)17(18)13-28-15-10-8-14(9-11-15)12-25-26-21(27)16-4-1-2-7-20(16)24/h1-12H,13,24H2,(H,26,27)/b25-12+. The van der Waals surface area contributed by atoms with Crippen molar-refractivity contribution in [3.8, 4) is 5.75 Å². The van der Waals surface area contributed by atoms with Crippen LogP contribution in [0.3, 0.4) is 0 Å². The summed E-state index contributed by atoms with van der Waals surface area (Å²) in [5, 5.41) is 5.07. The number of rotatable bonds is 6. The number of amides is 1. The van der Waals surface area contributed by atoms with E-state index in [2.05, 4.69) is 10.5 Å². The predicted molar refractivity (Wildman–Crippen MR) is 113 cm³/mol. The molecule has 0 aliphatic heterocycles. The molecule has 0 aromatic heterocycles. The first-order chi connectivity index (χ1) is 13.5. The van der Waals surface area contributed by atoms with E-state index in [0.29, 0.717) is 27.0 Å². The molecule has 0 radical (unpaired) electrons. The van der Waals surface area contributed by atoms with E-state index >= 15 is 0 Å². The zero-order valence-electron chi connectivity index (χ0n) is 14.7. The zero-order chi connectivity index (χ0) is 19.9. The smallest absolute Gasteiger partial charge is 0.273 e. The lowest BCUT2D eigenvalue weighted by Crippen LogP contribution is -2.18. The first kappa shape index (κ1) is 19.7. The first-order valence-electron chi connectivity index (χ1n) is 8.38. The summed E-state index contributed by atoms with van der Waals surface area (Å²) in [7, 11) is 0. The molecule has 0 saturated carbocycles. The van der Waals surface area contributed by atoms with E-state index in [1.54, 1.807) is 54.6 Å². The lowest BCUT2D eigenvalue weighted by atomic mass is 10.2. The maximum absolute atomic E-state index is 12.0. The minimum absolute atomic E-state index is 0.264. The second-order valence-electron chi connectivity index (χ2n) is 5.84. The van der Waals surface area contributed by atoms with Crippen LogP contribution < -0.4 is 15.9 Å². The van der Waals surface area contributed by atoms with Crippen molar-refractivity contribution >= 4 is 41.0 Å². The fourth-order valence-electron chi connectivity index (χ4n) is 2.41. The highest BCUT2D eigenvalue weighted by atomic mass is 35.5. The van der Waals surface area contributed by atoms with Gasteiger partial charge in [0.15, 0.2) is 0 Å². The van der Waals surface area contributed by atoms with Gasteiger partial charge in [0, 0.05) is 21.3 Å². The summed E-state index contributed by atoms with van der Waals surface area (Å²) in [5.74, 6) is 0.292. The average molecular weight is 414 g/mol. The Kier molecular flexibility index (Phi) is 6.53. The van der Waals surface area contributed by atoms with E-state index in [4.69, 9.17) is 33.7 Å². The second-order valence-corrected chi connectivity index (χ2v) is 6.66. The van der Waals surface area contributed by atoms with Crippen LogP contribution >= 0.6 is 23.2 Å². The Morgan fingerprint density at radius 3 is 2.36 bits per heavy atom. The number of para-hydroxylation sites is 1. The van der Waals surface area contributed by atoms with Gasteiger partial charge >= 0.3 is 0 Å². The van der Waals surface area contributed by atoms with E-state index in [-0.39, 0.29) is 12.5 Å². The highest BCUT2D eigenvalue weighted by Crippen LogP contribution is 2.25. The third kappa shape index (κ3) is 5.03. The molecule has 0 saturated heterocycles. The van der Waals surface area contributed by atoms with E-state index in [0.717, 1.165) is 11.1 Å². The molecule has 3 aromatic carbocycles. The van der Waals surface area contributed by atoms with Crippen LogP contribution in [0.4, 0.5) is 5.69 Å². The molecule has 0 spiro atoms. The number of hydrogen-bond donors (Lipinski definition) is 2. The molecule has 0 atom stereocenters. The van der Waals surface area contributed by atoms with E-state index in [1.165, 1.54) is 6.21 Å². The second kappa shape index (κ2) is 9.26. The molecule has 0 fully saturated rings. The molecule has 28 heavy (non-hydrogen) atoms. The van der Waals surface area contributed by atoms with Gasteiger partial charge in [-0.1, -0.05) is 41.4 Å². The number of anilines is 1. The number of nitrogens with one attached hydrogen (secondary N) is 1. The van der Waals surface area contributed by atoms with Gasteiger partial charge in [-0.25, -0.2) is 5.43 Å². The van der Waals surface area contributed by atoms with Crippen LogP contribution in [0.15, 0.2) is 71.8 Å². The SMILES string of the molecule is Nc1ccccc1C(=O)N/N=C/c1ccc(OCc2c(Cl)cccc2Cl)cc1. The monoisotopic (exact) mass is 413 g/mol. The number of carbonyl (C=O) groups excluding carboxylic acids is 1. The highest BCUT2D eigenvalue weighted by molar-refractivity contribution is 6.35. The maximum atomic E-state index is 12.0. The Hall–Kier alpha value is -3.02. The number of ether oxygens (including phenoxy) is 1. The molecule has 3 rings (SSSR count). The number of carbonyl (C=O) groups is 1. The summed E-state index contributed by atoms with van der Waals surface area (Å²) in [5.41, 5.74) is 10.5. The molecular weight excluding hydrogens is 397 g/mol. The van der Waals surface area contributed by atoms with Crippen LogP contribution in [-0.4, -0.2) is 12.1 Å². The summed E-state index contributed by atoms with van der Waals surface area (Å²) in [6.45, 7) is 0.264. The van der Waals surface area contributed by atoms with Gasteiger partial charge in [0.25, 0.3) is 5.91 Å². The summed E-state index contributed by atoms with van der Waals surface area (Å²) in [6, 6.07) is 19.3. The Bertz CT molecular complexity index is 985. The number of hydrogen-bond acceptors (Lipinski definition) is 4. The molecule has 5 nitrogen and oxygen atoms in total. The molecule has 0 heterocycles. The van der Waals surface area contributed by atoms with Crippen molar-refractivity contribution in [1.82, 2.24) is 5.43 Å². The van der Waals surface area contributed by atoms with Gasteiger partial charge in [-0.2, -0.15) is 5.10 Å². The Labute approximate surface area is 172 Å². The van der Waals surface area contributed by atoms with Gasteiger partial charge in [-0.15, -0.1) is 0 Å². The van der Waals surface area contributed by atoms with Crippen molar-refractivity contribution in [2.45, 2.75) is 6.61 Å². The number of nitrogen functional groups attached to an aromatic ring is 1. The van der Waals surface area contributed by atoms with Crippen LogP contribution in [0, 0.1) is 0 Å². The lowest BCUT2D eigenvalue weighted by molar-refractivity contribution is 0.0956. The van der Waals surface area contributed by atoms with E-state index in [1.807, 2.05) is 12.1 Å². The van der Waals surface area contributed by atoms with Crippen LogP contribution in [0.25, 0.3) is 0 Å². The lowest BCUT2D eigenvalue weighted by Gasteiger charge is -2.09. The molecule has 3 N–H and O–H groups in total. The van der Waals surface area contributed by atoms with E-state index < -0.39 is 0 Å². The zero-order valence-corrected chi connectivity index (χ0v) is 16.2. The molecule has 7 heteroatoms. The Morgan fingerprint density at radius 2 is 1.68 bits per heavy atom. The Balaban J connectivity index is 1.56. The van der Waals surface area contributed by atoms with E-state index in [9.17, 15) is 4.79 Å². The third-order valence-electron chi connectivity index (χ3n) is 3.91. The molecule has 1 amide bonds. The largest absolute Gasteiger partial charge is 0.489 e. The quantitative estimate of drug-likeness (QED) is 0.342. The minimum atomic E-state index is -0.370. The predicted octanol–water partition coefficient (Wildman–Crippen LogP) is 4.92. The number of nitrogens with zero attached hydrogens (tertiary/aromatic N) is 1. The number of benzene rings is 3. The summed E-state index contributed by atoms with van der Waals surface area (Å²) in [6.07, 6.45) is 1.53. The average Bonchev–Trinajstić information content (AvgIpc) is 2.69. The van der Waals surface area contributed by atoms with Crippen LogP contribution in [0.2, 0.25) is 10.0 Å². The summed E-state index contributed by atoms with van der Waals surface area (Å²) >= 11 is 12.3. The van der Waals surface area contributed by atoms with Crippen molar-refractivity contribution in [1.29, 1.82) is 0 Å². The normalized spacial score (nSPS) is 10.8. The van der Waals surface area contributed by atoms with Crippen LogP contribution in [0.5, 0.6) is 5.75 Å². The van der Waals surface area contributed by atoms with Gasteiger partial charge in [0.2, 0.25) is 0 Å². The van der Waals surface area contributed by atoms with Gasteiger partial charge < -0.3 is 10.5 Å². The van der Waals surface area contributed by atoms with Crippen molar-refractivity contribution in [2.24, 2.45) is 5.10 Å². The van der Waals surface area contributed by atoms with Crippen LogP contribution in [0.1, 0.15) is 21.5 Å². The molecule has 0 unspecified atom stereocenters. The maximum Gasteiger partial charge on any atom is 0.273 e. The number of hydrazone groups is 1. The molecule has 0 aliphatic carbocycles. The summed E-state index contributed by atoms with van der Waals surface area (Å²) in [4.78, 5) is 12.0. The highest BCUT2D eigenvalue weighted by Gasteiger charge is 2.07. The molecule has 0 bridgehead atoms.